The molecule has 0 radical (unpaired) electrons. The van der Waals surface area contributed by atoms with Gasteiger partial charge in [0.25, 0.3) is 0 Å². The van der Waals surface area contributed by atoms with Crippen LogP contribution in [0.5, 0.6) is 5.75 Å². The van der Waals surface area contributed by atoms with Gasteiger partial charge in [-0.1, -0.05) is 30.3 Å². The highest BCUT2D eigenvalue weighted by Gasteiger charge is 2.31. The Kier molecular flexibility index (Phi) is 6.53. The number of ether oxygens (including phenoxy) is 4. The molecule has 0 aliphatic carbocycles. The van der Waals surface area contributed by atoms with E-state index in [-0.39, 0.29) is 30.9 Å². The lowest BCUT2D eigenvalue weighted by molar-refractivity contribution is -0.142. The van der Waals surface area contributed by atoms with Crippen molar-refractivity contribution >= 4 is 28.7 Å². The van der Waals surface area contributed by atoms with E-state index >= 15 is 0 Å². The lowest BCUT2D eigenvalue weighted by Crippen LogP contribution is -2.17. The summed E-state index contributed by atoms with van der Waals surface area (Å²) in [5.41, 5.74) is 2.11. The molecule has 2 aromatic carbocycles. The fourth-order valence-electron chi connectivity index (χ4n) is 3.86. The van der Waals surface area contributed by atoms with Gasteiger partial charge >= 0.3 is 11.9 Å². The van der Waals surface area contributed by atoms with Crippen molar-refractivity contribution in [1.82, 2.24) is 4.57 Å². The van der Waals surface area contributed by atoms with Crippen LogP contribution in [0.1, 0.15) is 35.5 Å². The van der Waals surface area contributed by atoms with Crippen LogP contribution >= 0.6 is 0 Å². The Bertz CT molecular complexity index is 1200. The van der Waals surface area contributed by atoms with Gasteiger partial charge in [0, 0.05) is 11.8 Å². The number of carbonyl (C=O) groups excluding carboxylic acids is 2. The van der Waals surface area contributed by atoms with E-state index < -0.39 is 18.2 Å². The van der Waals surface area contributed by atoms with E-state index in [0.717, 1.165) is 5.56 Å². The molecule has 33 heavy (non-hydrogen) atoms. The molecule has 1 aliphatic rings. The molecular formula is C25H25NO7. The van der Waals surface area contributed by atoms with Gasteiger partial charge in [0.2, 0.25) is 12.2 Å². The van der Waals surface area contributed by atoms with Gasteiger partial charge in [0.15, 0.2) is 0 Å². The summed E-state index contributed by atoms with van der Waals surface area (Å²) in [5, 5.41) is 10.5. The lowest BCUT2D eigenvalue weighted by Gasteiger charge is -2.15. The zero-order chi connectivity index (χ0) is 23.4. The van der Waals surface area contributed by atoms with Crippen LogP contribution in [0.4, 0.5) is 0 Å². The summed E-state index contributed by atoms with van der Waals surface area (Å²) in [6, 6.07) is 14.4. The first kappa shape index (κ1) is 22.3. The Hall–Kier alpha value is -3.94. The normalized spacial score (nSPS) is 15.0. The van der Waals surface area contributed by atoms with Gasteiger partial charge in [0.05, 0.1) is 36.4 Å². The van der Waals surface area contributed by atoms with Crippen molar-refractivity contribution in [3.63, 3.8) is 0 Å². The molecule has 0 amide bonds. The molecule has 0 fully saturated rings. The number of esters is 2. The molecule has 1 atom stereocenters. The zero-order valence-corrected chi connectivity index (χ0v) is 18.4. The summed E-state index contributed by atoms with van der Waals surface area (Å²) < 4.78 is 23.8. The van der Waals surface area contributed by atoms with Crippen LogP contribution in [0.15, 0.2) is 54.8 Å². The van der Waals surface area contributed by atoms with E-state index in [9.17, 15) is 14.7 Å². The van der Waals surface area contributed by atoms with Crippen LogP contribution in [-0.4, -0.2) is 41.1 Å². The molecule has 8 nitrogen and oxygen atoms in total. The SMILES string of the molecule is CCOC(=O)Cc1c(C(=O)OCC)c2cc(O)ccc2n1C1=COC(Cc2ccccc2)O1. The summed E-state index contributed by atoms with van der Waals surface area (Å²) in [6.45, 7) is 3.77. The van der Waals surface area contributed by atoms with Crippen molar-refractivity contribution in [2.24, 2.45) is 0 Å². The van der Waals surface area contributed by atoms with Crippen LogP contribution in [0.25, 0.3) is 16.8 Å². The number of phenolic OH excluding ortho intramolecular Hbond substituents is 1. The Morgan fingerprint density at radius 1 is 1.06 bits per heavy atom. The summed E-state index contributed by atoms with van der Waals surface area (Å²) in [7, 11) is 0. The van der Waals surface area contributed by atoms with Crippen molar-refractivity contribution in [2.45, 2.75) is 33.0 Å². The largest absolute Gasteiger partial charge is 0.508 e. The molecule has 0 spiro atoms. The predicted octanol–water partition coefficient (Wildman–Crippen LogP) is 4.00. The smallest absolute Gasteiger partial charge is 0.340 e. The summed E-state index contributed by atoms with van der Waals surface area (Å²) in [5.74, 6) is -0.808. The molecule has 1 unspecified atom stereocenters. The van der Waals surface area contributed by atoms with Gasteiger partial charge in [-0.2, -0.15) is 0 Å². The van der Waals surface area contributed by atoms with E-state index in [1.54, 1.807) is 24.5 Å². The standard InChI is InChI=1S/C25H25NO7/c1-3-30-22(28)14-20-24(25(29)31-4-2)18-13-17(27)10-11-19(18)26(20)21-15-32-23(33-21)12-16-8-6-5-7-9-16/h5-11,13,15,23,27H,3-4,12,14H2,1-2H3. The van der Waals surface area contributed by atoms with Gasteiger partial charge in [-0.25, -0.2) is 4.79 Å². The second-order valence-electron chi connectivity index (χ2n) is 7.39. The fourth-order valence-corrected chi connectivity index (χ4v) is 3.86. The Labute approximate surface area is 190 Å². The third kappa shape index (κ3) is 4.64. The second kappa shape index (κ2) is 9.68. The third-order valence-corrected chi connectivity index (χ3v) is 5.18. The van der Waals surface area contributed by atoms with Gasteiger partial charge in [-0.3, -0.25) is 9.36 Å². The molecule has 4 rings (SSSR count). The highest BCUT2D eigenvalue weighted by molar-refractivity contribution is 6.08. The number of fused-ring (bicyclic) bond motifs is 1. The maximum Gasteiger partial charge on any atom is 0.340 e. The van der Waals surface area contributed by atoms with Crippen molar-refractivity contribution in [3.05, 3.63) is 71.6 Å². The van der Waals surface area contributed by atoms with Crippen molar-refractivity contribution in [1.29, 1.82) is 0 Å². The van der Waals surface area contributed by atoms with E-state index in [2.05, 4.69) is 0 Å². The molecule has 0 saturated carbocycles. The number of aromatic hydroxyl groups is 1. The first-order valence-electron chi connectivity index (χ1n) is 10.8. The molecule has 0 bridgehead atoms. The van der Waals surface area contributed by atoms with Gasteiger partial charge in [-0.15, -0.1) is 0 Å². The zero-order valence-electron chi connectivity index (χ0n) is 18.4. The van der Waals surface area contributed by atoms with Crippen molar-refractivity contribution in [2.75, 3.05) is 13.2 Å². The number of phenols is 1. The van der Waals surface area contributed by atoms with Crippen LogP contribution in [0.3, 0.4) is 0 Å². The van der Waals surface area contributed by atoms with Crippen molar-refractivity contribution in [3.8, 4) is 5.75 Å². The number of nitrogens with zero attached hydrogens (tertiary/aromatic N) is 1. The minimum atomic E-state index is -0.605. The van der Waals surface area contributed by atoms with E-state index in [1.165, 1.54) is 18.4 Å². The number of hydrogen-bond acceptors (Lipinski definition) is 7. The number of rotatable bonds is 8. The molecule has 1 N–H and O–H groups in total. The third-order valence-electron chi connectivity index (χ3n) is 5.18. The van der Waals surface area contributed by atoms with Gasteiger partial charge < -0.3 is 24.1 Å². The molecule has 1 aliphatic heterocycles. The Morgan fingerprint density at radius 3 is 2.55 bits per heavy atom. The summed E-state index contributed by atoms with van der Waals surface area (Å²) in [4.78, 5) is 25.3. The van der Waals surface area contributed by atoms with Crippen LogP contribution in [-0.2, 0) is 36.6 Å². The maximum atomic E-state index is 12.9. The first-order chi connectivity index (χ1) is 16.0. The molecule has 3 aromatic rings. The molecule has 1 aromatic heterocycles. The number of benzene rings is 2. The highest BCUT2D eigenvalue weighted by Crippen LogP contribution is 2.35. The molecule has 0 saturated heterocycles. The van der Waals surface area contributed by atoms with Crippen molar-refractivity contribution < 1.29 is 33.6 Å². The molecular weight excluding hydrogens is 426 g/mol. The number of carbonyl (C=O) groups is 2. The Balaban J connectivity index is 1.77. The van der Waals surface area contributed by atoms with Gasteiger partial charge in [0.1, 0.15) is 12.0 Å². The van der Waals surface area contributed by atoms with E-state index in [1.807, 2.05) is 30.3 Å². The molecule has 172 valence electrons. The molecule has 2 heterocycles. The summed E-state index contributed by atoms with van der Waals surface area (Å²) >= 11 is 0. The minimum absolute atomic E-state index is 0.0209. The predicted molar refractivity (Wildman–Crippen MR) is 120 cm³/mol. The second-order valence-corrected chi connectivity index (χ2v) is 7.39. The van der Waals surface area contributed by atoms with Crippen LogP contribution in [0.2, 0.25) is 0 Å². The number of hydrogen-bond donors (Lipinski definition) is 1. The monoisotopic (exact) mass is 451 g/mol. The highest BCUT2D eigenvalue weighted by atomic mass is 16.7. The summed E-state index contributed by atoms with van der Waals surface area (Å²) in [6.07, 6.45) is 1.21. The van der Waals surface area contributed by atoms with Crippen LogP contribution < -0.4 is 0 Å². The maximum absolute atomic E-state index is 12.9. The Morgan fingerprint density at radius 2 is 1.82 bits per heavy atom. The minimum Gasteiger partial charge on any atom is -0.508 e. The van der Waals surface area contributed by atoms with E-state index in [4.69, 9.17) is 18.9 Å². The number of aromatic nitrogens is 1. The average molecular weight is 451 g/mol. The quantitative estimate of drug-likeness (QED) is 0.517. The lowest BCUT2D eigenvalue weighted by atomic mass is 10.1. The fraction of sp³-hybridized carbons (Fsp3) is 0.280. The average Bonchev–Trinajstić information content (AvgIpc) is 3.36. The topological polar surface area (TPSA) is 96.2 Å². The van der Waals surface area contributed by atoms with Crippen LogP contribution in [0, 0.1) is 0 Å². The van der Waals surface area contributed by atoms with E-state index in [0.29, 0.717) is 28.9 Å². The molecule has 8 heteroatoms. The van der Waals surface area contributed by atoms with Gasteiger partial charge in [-0.05, 0) is 37.6 Å². The first-order valence-corrected chi connectivity index (χ1v) is 10.8.